The van der Waals surface area contributed by atoms with Crippen LogP contribution in [0.2, 0.25) is 0 Å². The number of likely N-dealkylation sites (N-methyl/N-ethyl adjacent to an activating group) is 1. The van der Waals surface area contributed by atoms with E-state index < -0.39 is 16.0 Å². The Bertz CT molecular complexity index is 555. The largest absolute Gasteiger partial charge is 0.465 e. The SMILES string of the molecule is CNCCNS(=O)(=O)c1ccc(C)c(C(=O)OC)c1. The molecule has 0 saturated carbocycles. The molecule has 0 unspecified atom stereocenters. The molecule has 0 saturated heterocycles. The summed E-state index contributed by atoms with van der Waals surface area (Å²) < 4.78 is 31.0. The molecule has 2 N–H and O–H groups in total. The van der Waals surface area contributed by atoms with Crippen molar-refractivity contribution in [3.8, 4) is 0 Å². The molecular weight excluding hydrogens is 268 g/mol. The van der Waals surface area contributed by atoms with Crippen LogP contribution in [0.3, 0.4) is 0 Å². The minimum Gasteiger partial charge on any atom is -0.465 e. The lowest BCUT2D eigenvalue weighted by atomic mass is 10.1. The summed E-state index contributed by atoms with van der Waals surface area (Å²) in [6.07, 6.45) is 0. The second kappa shape index (κ2) is 6.65. The first-order valence-electron chi connectivity index (χ1n) is 5.75. The maximum atomic E-state index is 12.0. The van der Waals surface area contributed by atoms with Crippen LogP contribution < -0.4 is 10.0 Å². The van der Waals surface area contributed by atoms with Crippen LogP contribution in [0.15, 0.2) is 23.1 Å². The molecule has 106 valence electrons. The maximum Gasteiger partial charge on any atom is 0.338 e. The molecule has 0 radical (unpaired) electrons. The number of hydrogen-bond acceptors (Lipinski definition) is 5. The zero-order valence-corrected chi connectivity index (χ0v) is 12.0. The summed E-state index contributed by atoms with van der Waals surface area (Å²) in [6, 6.07) is 4.37. The molecule has 0 amide bonds. The molecule has 0 aromatic heterocycles. The summed E-state index contributed by atoms with van der Waals surface area (Å²) in [4.78, 5) is 11.6. The average Bonchev–Trinajstić information content (AvgIpc) is 2.38. The molecule has 0 bridgehead atoms. The number of rotatable bonds is 6. The van der Waals surface area contributed by atoms with Gasteiger partial charge in [-0.1, -0.05) is 6.07 Å². The second-order valence-corrected chi connectivity index (χ2v) is 5.74. The fourth-order valence-corrected chi connectivity index (χ4v) is 2.55. The molecule has 0 aliphatic rings. The Kier molecular flexibility index (Phi) is 5.46. The molecular formula is C12H18N2O4S. The summed E-state index contributed by atoms with van der Waals surface area (Å²) in [5.41, 5.74) is 0.917. The molecule has 6 nitrogen and oxygen atoms in total. The third-order valence-electron chi connectivity index (χ3n) is 2.59. The van der Waals surface area contributed by atoms with Gasteiger partial charge in [-0.15, -0.1) is 0 Å². The lowest BCUT2D eigenvalue weighted by Crippen LogP contribution is -2.30. The number of esters is 1. The van der Waals surface area contributed by atoms with Crippen molar-refractivity contribution in [1.82, 2.24) is 10.0 Å². The lowest BCUT2D eigenvalue weighted by Gasteiger charge is -2.09. The van der Waals surface area contributed by atoms with Gasteiger partial charge in [-0.05, 0) is 31.7 Å². The summed E-state index contributed by atoms with van der Waals surface area (Å²) in [5, 5.41) is 2.84. The molecule has 1 aromatic rings. The molecule has 0 aliphatic heterocycles. The van der Waals surface area contributed by atoms with E-state index in [4.69, 9.17) is 0 Å². The van der Waals surface area contributed by atoms with Crippen LogP contribution in [-0.2, 0) is 14.8 Å². The monoisotopic (exact) mass is 286 g/mol. The van der Waals surface area contributed by atoms with Crippen LogP contribution in [-0.4, -0.2) is 41.6 Å². The van der Waals surface area contributed by atoms with E-state index in [2.05, 4.69) is 14.8 Å². The number of aryl methyl sites for hydroxylation is 1. The fraction of sp³-hybridized carbons (Fsp3) is 0.417. The summed E-state index contributed by atoms with van der Waals surface area (Å²) >= 11 is 0. The Morgan fingerprint density at radius 2 is 2.00 bits per heavy atom. The average molecular weight is 286 g/mol. The van der Waals surface area contributed by atoms with Crippen molar-refractivity contribution in [2.45, 2.75) is 11.8 Å². The van der Waals surface area contributed by atoms with Gasteiger partial charge in [0.2, 0.25) is 10.0 Å². The summed E-state index contributed by atoms with van der Waals surface area (Å²) in [6.45, 7) is 2.52. The van der Waals surface area contributed by atoms with Crippen molar-refractivity contribution in [2.75, 3.05) is 27.2 Å². The van der Waals surface area contributed by atoms with E-state index in [0.29, 0.717) is 12.1 Å². The van der Waals surface area contributed by atoms with Crippen molar-refractivity contribution in [3.05, 3.63) is 29.3 Å². The first kappa shape index (κ1) is 15.6. The van der Waals surface area contributed by atoms with Crippen LogP contribution in [0.25, 0.3) is 0 Å². The van der Waals surface area contributed by atoms with E-state index >= 15 is 0 Å². The topological polar surface area (TPSA) is 84.5 Å². The predicted octanol–water partition coefficient (Wildman–Crippen LogP) is 0.279. The van der Waals surface area contributed by atoms with Gasteiger partial charge < -0.3 is 10.1 Å². The highest BCUT2D eigenvalue weighted by atomic mass is 32.2. The van der Waals surface area contributed by atoms with Gasteiger partial charge in [0.25, 0.3) is 0 Å². The number of methoxy groups -OCH3 is 1. The minimum absolute atomic E-state index is 0.0506. The highest BCUT2D eigenvalue weighted by Gasteiger charge is 2.17. The Labute approximate surface area is 113 Å². The van der Waals surface area contributed by atoms with Crippen molar-refractivity contribution >= 4 is 16.0 Å². The highest BCUT2D eigenvalue weighted by molar-refractivity contribution is 7.89. The van der Waals surface area contributed by atoms with Gasteiger partial charge in [-0.3, -0.25) is 0 Å². The third kappa shape index (κ3) is 4.02. The van der Waals surface area contributed by atoms with Gasteiger partial charge >= 0.3 is 5.97 Å². The van der Waals surface area contributed by atoms with Crippen LogP contribution in [0.1, 0.15) is 15.9 Å². The molecule has 1 rings (SSSR count). The Hall–Kier alpha value is -1.44. The number of carbonyl (C=O) groups excluding carboxylic acids is 1. The Morgan fingerprint density at radius 1 is 1.32 bits per heavy atom. The zero-order valence-electron chi connectivity index (χ0n) is 11.2. The Balaban J connectivity index is 3.04. The Morgan fingerprint density at radius 3 is 2.58 bits per heavy atom. The quantitative estimate of drug-likeness (QED) is 0.579. The van der Waals surface area contributed by atoms with E-state index in [1.807, 2.05) is 0 Å². The molecule has 0 aliphatic carbocycles. The van der Waals surface area contributed by atoms with E-state index in [0.717, 1.165) is 0 Å². The molecule has 1 aromatic carbocycles. The van der Waals surface area contributed by atoms with E-state index in [-0.39, 0.29) is 17.0 Å². The first-order chi connectivity index (χ1) is 8.92. The molecule has 0 spiro atoms. The number of ether oxygens (including phenoxy) is 1. The van der Waals surface area contributed by atoms with Crippen LogP contribution >= 0.6 is 0 Å². The van der Waals surface area contributed by atoms with Crippen LogP contribution in [0.5, 0.6) is 0 Å². The van der Waals surface area contributed by atoms with Crippen LogP contribution in [0.4, 0.5) is 0 Å². The van der Waals surface area contributed by atoms with Crippen molar-refractivity contribution in [3.63, 3.8) is 0 Å². The first-order valence-corrected chi connectivity index (χ1v) is 7.24. The second-order valence-electron chi connectivity index (χ2n) is 3.97. The van der Waals surface area contributed by atoms with Crippen LogP contribution in [0, 0.1) is 6.92 Å². The summed E-state index contributed by atoms with van der Waals surface area (Å²) in [5.74, 6) is -0.551. The lowest BCUT2D eigenvalue weighted by molar-refractivity contribution is 0.0599. The summed E-state index contributed by atoms with van der Waals surface area (Å²) in [7, 11) is -0.622. The number of carbonyl (C=O) groups is 1. The molecule has 0 atom stereocenters. The maximum absolute atomic E-state index is 12.0. The predicted molar refractivity (Wildman–Crippen MR) is 71.6 cm³/mol. The van der Waals surface area contributed by atoms with E-state index in [9.17, 15) is 13.2 Å². The molecule has 0 heterocycles. The molecule has 7 heteroatoms. The molecule has 19 heavy (non-hydrogen) atoms. The normalized spacial score (nSPS) is 11.3. The van der Waals surface area contributed by atoms with Gasteiger partial charge in [0.1, 0.15) is 0 Å². The van der Waals surface area contributed by atoms with Gasteiger partial charge in [-0.2, -0.15) is 0 Å². The van der Waals surface area contributed by atoms with Gasteiger partial charge in [0.05, 0.1) is 17.6 Å². The van der Waals surface area contributed by atoms with Gasteiger partial charge in [0, 0.05) is 13.1 Å². The number of benzene rings is 1. The van der Waals surface area contributed by atoms with Crippen molar-refractivity contribution in [2.24, 2.45) is 0 Å². The van der Waals surface area contributed by atoms with Crippen molar-refractivity contribution < 1.29 is 17.9 Å². The smallest absolute Gasteiger partial charge is 0.338 e. The van der Waals surface area contributed by atoms with E-state index in [1.165, 1.54) is 19.2 Å². The molecule has 0 fully saturated rings. The fourth-order valence-electron chi connectivity index (χ4n) is 1.49. The number of sulfonamides is 1. The van der Waals surface area contributed by atoms with E-state index in [1.54, 1.807) is 20.0 Å². The third-order valence-corrected chi connectivity index (χ3v) is 4.05. The van der Waals surface area contributed by atoms with Gasteiger partial charge in [0.15, 0.2) is 0 Å². The highest BCUT2D eigenvalue weighted by Crippen LogP contribution is 2.16. The zero-order chi connectivity index (χ0) is 14.5. The number of nitrogens with one attached hydrogen (secondary N) is 2. The standard InChI is InChI=1S/C12H18N2O4S/c1-9-4-5-10(8-11(9)12(15)18-3)19(16,17)14-7-6-13-2/h4-5,8,13-14H,6-7H2,1-3H3. The van der Waals surface area contributed by atoms with Crippen molar-refractivity contribution in [1.29, 1.82) is 0 Å². The van der Waals surface area contributed by atoms with Gasteiger partial charge in [-0.25, -0.2) is 17.9 Å². The minimum atomic E-state index is -3.61. The number of hydrogen-bond donors (Lipinski definition) is 2.